The molecule has 0 atom stereocenters. The largest absolute Gasteiger partial charge is 0.309 e. The number of thiazole rings is 1. The summed E-state index contributed by atoms with van der Waals surface area (Å²) in [7, 11) is 0. The van der Waals surface area contributed by atoms with E-state index in [1.807, 2.05) is 5.38 Å². The second-order valence-corrected chi connectivity index (χ2v) is 4.61. The average Bonchev–Trinajstić information content (AvgIpc) is 2.79. The van der Waals surface area contributed by atoms with E-state index in [9.17, 15) is 9.59 Å². The first-order chi connectivity index (χ1) is 8.67. The fourth-order valence-electron chi connectivity index (χ4n) is 1.23. The van der Waals surface area contributed by atoms with Gasteiger partial charge in [0.05, 0.1) is 18.0 Å². The lowest BCUT2D eigenvalue weighted by Crippen LogP contribution is -2.17. The quantitative estimate of drug-likeness (QED) is 0.824. The van der Waals surface area contributed by atoms with Crippen LogP contribution in [0, 0.1) is 0 Å². The molecule has 2 rings (SSSR count). The molecular formula is C10H9ClN4O2S. The van der Waals surface area contributed by atoms with Crippen molar-refractivity contribution in [1.29, 1.82) is 0 Å². The Hall–Kier alpha value is -1.73. The minimum Gasteiger partial charge on any atom is -0.309 e. The van der Waals surface area contributed by atoms with Crippen molar-refractivity contribution in [2.45, 2.75) is 12.3 Å². The van der Waals surface area contributed by atoms with Crippen LogP contribution in [-0.2, 0) is 17.1 Å². The fourth-order valence-corrected chi connectivity index (χ4v) is 2.25. The van der Waals surface area contributed by atoms with Gasteiger partial charge in [0.2, 0.25) is 5.91 Å². The van der Waals surface area contributed by atoms with E-state index >= 15 is 0 Å². The molecule has 0 saturated carbocycles. The number of aromatic nitrogens is 3. The molecule has 2 N–H and O–H groups in total. The zero-order valence-corrected chi connectivity index (χ0v) is 10.7. The van der Waals surface area contributed by atoms with Gasteiger partial charge in [0.1, 0.15) is 5.01 Å². The number of H-pyrrole nitrogens is 1. The molecule has 8 heteroatoms. The summed E-state index contributed by atoms with van der Waals surface area (Å²) in [6, 6.07) is 2.72. The van der Waals surface area contributed by atoms with Crippen LogP contribution in [-0.4, -0.2) is 21.1 Å². The molecule has 2 heterocycles. The molecule has 0 aliphatic carbocycles. The van der Waals surface area contributed by atoms with Crippen LogP contribution in [0.3, 0.4) is 0 Å². The van der Waals surface area contributed by atoms with E-state index in [1.54, 1.807) is 0 Å². The predicted octanol–water partition coefficient (Wildman–Crippen LogP) is 1.15. The molecule has 6 nitrogen and oxygen atoms in total. The summed E-state index contributed by atoms with van der Waals surface area (Å²) in [5.74, 6) is 0.387. The van der Waals surface area contributed by atoms with Crippen molar-refractivity contribution >= 4 is 34.7 Å². The Labute approximate surface area is 111 Å². The van der Waals surface area contributed by atoms with E-state index < -0.39 is 0 Å². The molecule has 0 saturated heterocycles. The number of carbonyl (C=O) groups is 1. The highest BCUT2D eigenvalue weighted by Gasteiger charge is 2.08. The number of hydrogen-bond donors (Lipinski definition) is 2. The molecule has 2 aromatic heterocycles. The zero-order valence-electron chi connectivity index (χ0n) is 9.14. The van der Waals surface area contributed by atoms with E-state index in [4.69, 9.17) is 11.6 Å². The van der Waals surface area contributed by atoms with Gasteiger partial charge >= 0.3 is 0 Å². The van der Waals surface area contributed by atoms with Crippen molar-refractivity contribution in [1.82, 2.24) is 15.2 Å². The molecule has 0 spiro atoms. The number of halogens is 1. The van der Waals surface area contributed by atoms with Gasteiger partial charge in [-0.25, -0.2) is 10.1 Å². The third kappa shape index (κ3) is 3.38. The van der Waals surface area contributed by atoms with Crippen LogP contribution < -0.4 is 10.9 Å². The normalized spacial score (nSPS) is 10.3. The third-order valence-electron chi connectivity index (χ3n) is 1.99. The van der Waals surface area contributed by atoms with Crippen molar-refractivity contribution in [3.63, 3.8) is 0 Å². The molecule has 0 unspecified atom stereocenters. The summed E-state index contributed by atoms with van der Waals surface area (Å²) < 4.78 is 0. The van der Waals surface area contributed by atoms with Crippen LogP contribution in [0.2, 0.25) is 0 Å². The van der Waals surface area contributed by atoms with Crippen molar-refractivity contribution < 1.29 is 4.79 Å². The average molecular weight is 285 g/mol. The van der Waals surface area contributed by atoms with Crippen molar-refractivity contribution in [3.8, 4) is 0 Å². The van der Waals surface area contributed by atoms with Crippen molar-refractivity contribution in [2.24, 2.45) is 0 Å². The van der Waals surface area contributed by atoms with Gasteiger partial charge in [0.25, 0.3) is 5.56 Å². The first-order valence-corrected chi connectivity index (χ1v) is 6.43. The molecule has 0 aliphatic heterocycles. The summed E-state index contributed by atoms with van der Waals surface area (Å²) in [5, 5.41) is 11.0. The first kappa shape index (κ1) is 12.7. The van der Waals surface area contributed by atoms with Crippen LogP contribution in [0.25, 0.3) is 0 Å². The highest BCUT2D eigenvalue weighted by Crippen LogP contribution is 2.12. The molecule has 94 valence electrons. The number of nitrogens with zero attached hydrogens (tertiary/aromatic N) is 2. The monoisotopic (exact) mass is 284 g/mol. The van der Waals surface area contributed by atoms with Crippen LogP contribution in [0.4, 0.5) is 5.82 Å². The SMILES string of the molecule is O=C(Cc1nc(CCl)cs1)Nc1ccc(=O)[nH]n1. The van der Waals surface area contributed by atoms with Gasteiger partial charge in [0.15, 0.2) is 5.82 Å². The van der Waals surface area contributed by atoms with Crippen LogP contribution in [0.1, 0.15) is 10.7 Å². The van der Waals surface area contributed by atoms with Gasteiger partial charge in [-0.15, -0.1) is 22.9 Å². The van der Waals surface area contributed by atoms with Crippen LogP contribution in [0.15, 0.2) is 22.3 Å². The Bertz CT molecular complexity index is 589. The number of amides is 1. The number of alkyl halides is 1. The Morgan fingerprint density at radius 1 is 1.50 bits per heavy atom. The van der Waals surface area contributed by atoms with Gasteiger partial charge in [0, 0.05) is 11.4 Å². The summed E-state index contributed by atoms with van der Waals surface area (Å²) in [5.41, 5.74) is 0.436. The number of hydrogen-bond acceptors (Lipinski definition) is 5. The predicted molar refractivity (Wildman–Crippen MR) is 68.9 cm³/mol. The van der Waals surface area contributed by atoms with E-state index in [0.717, 1.165) is 5.69 Å². The Kier molecular flexibility index (Phi) is 4.06. The second-order valence-electron chi connectivity index (χ2n) is 3.40. The lowest BCUT2D eigenvalue weighted by molar-refractivity contribution is -0.115. The molecule has 0 fully saturated rings. The third-order valence-corrected chi connectivity index (χ3v) is 3.17. The Balaban J connectivity index is 1.96. The molecule has 18 heavy (non-hydrogen) atoms. The zero-order chi connectivity index (χ0) is 13.0. The van der Waals surface area contributed by atoms with E-state index in [-0.39, 0.29) is 17.9 Å². The lowest BCUT2D eigenvalue weighted by Gasteiger charge is -2.01. The number of nitrogens with one attached hydrogen (secondary N) is 2. The minimum atomic E-state index is -0.320. The van der Waals surface area contributed by atoms with Crippen molar-refractivity contribution in [3.05, 3.63) is 38.6 Å². The minimum absolute atomic E-state index is 0.155. The van der Waals surface area contributed by atoms with Gasteiger partial charge in [-0.3, -0.25) is 9.59 Å². The smallest absolute Gasteiger partial charge is 0.264 e. The summed E-state index contributed by atoms with van der Waals surface area (Å²) >= 11 is 7.00. The molecule has 0 aromatic carbocycles. The maximum Gasteiger partial charge on any atom is 0.264 e. The molecular weight excluding hydrogens is 276 g/mol. The lowest BCUT2D eigenvalue weighted by atomic mass is 10.4. The second kappa shape index (κ2) is 5.74. The van der Waals surface area contributed by atoms with E-state index in [2.05, 4.69) is 20.5 Å². The number of anilines is 1. The summed E-state index contributed by atoms with van der Waals surface area (Å²) in [6.07, 6.45) is 0.155. The standard InChI is InChI=1S/C10H9ClN4O2S/c11-4-6-5-18-10(12-6)3-9(17)13-7-1-2-8(16)15-14-7/h1-2,5H,3-4H2,(H,15,16)(H,13,14,17). The maximum absolute atomic E-state index is 11.7. The summed E-state index contributed by atoms with van der Waals surface area (Å²) in [4.78, 5) is 26.6. The molecule has 2 aromatic rings. The van der Waals surface area contributed by atoms with Gasteiger partial charge in [-0.1, -0.05) is 0 Å². The van der Waals surface area contributed by atoms with Crippen LogP contribution in [0.5, 0.6) is 0 Å². The van der Waals surface area contributed by atoms with E-state index in [0.29, 0.717) is 16.7 Å². The number of aromatic amines is 1. The number of carbonyl (C=O) groups excluding carboxylic acids is 1. The van der Waals surface area contributed by atoms with E-state index in [1.165, 1.54) is 23.5 Å². The molecule has 1 amide bonds. The van der Waals surface area contributed by atoms with Gasteiger partial charge in [-0.05, 0) is 6.07 Å². The molecule has 0 bridgehead atoms. The number of rotatable bonds is 4. The first-order valence-electron chi connectivity index (χ1n) is 5.02. The maximum atomic E-state index is 11.7. The van der Waals surface area contributed by atoms with Crippen molar-refractivity contribution in [2.75, 3.05) is 5.32 Å². The highest BCUT2D eigenvalue weighted by molar-refractivity contribution is 7.09. The molecule has 0 radical (unpaired) electrons. The van der Waals surface area contributed by atoms with Gasteiger partial charge in [-0.2, -0.15) is 5.10 Å². The van der Waals surface area contributed by atoms with Gasteiger partial charge < -0.3 is 5.32 Å². The topological polar surface area (TPSA) is 87.7 Å². The molecule has 0 aliphatic rings. The van der Waals surface area contributed by atoms with Crippen LogP contribution >= 0.6 is 22.9 Å². The highest BCUT2D eigenvalue weighted by atomic mass is 35.5. The Morgan fingerprint density at radius 3 is 2.94 bits per heavy atom. The Morgan fingerprint density at radius 2 is 2.33 bits per heavy atom. The summed E-state index contributed by atoms with van der Waals surface area (Å²) in [6.45, 7) is 0. The fraction of sp³-hybridized carbons (Fsp3) is 0.200.